The molecule has 0 radical (unpaired) electrons. The van der Waals surface area contributed by atoms with Crippen LogP contribution >= 0.6 is 20.1 Å². The summed E-state index contributed by atoms with van der Waals surface area (Å²) in [6, 6.07) is 9.67. The zero-order chi connectivity index (χ0) is 15.2. The molecule has 0 heterocycles. The first-order chi connectivity index (χ1) is 9.33. The first-order valence-corrected chi connectivity index (χ1v) is 13.1. The minimum Gasteiger partial charge on any atom is -0.220 e. The molecule has 1 aromatic rings. The standard InChI is InChI=1S/C18H34S2/c1-7-9-15-19(3,4)17-11-13-18(14-12-17)20(5,6)16-10-8-2/h11-14H,7-10,15-16H2,1-6H3. The molecule has 0 saturated heterocycles. The van der Waals surface area contributed by atoms with Gasteiger partial charge in [0.05, 0.1) is 0 Å². The van der Waals surface area contributed by atoms with E-state index in [2.05, 4.69) is 63.1 Å². The van der Waals surface area contributed by atoms with Crippen molar-refractivity contribution in [3.8, 4) is 0 Å². The van der Waals surface area contributed by atoms with Gasteiger partial charge in [-0.05, 0) is 83.4 Å². The summed E-state index contributed by atoms with van der Waals surface area (Å²) in [7, 11) is -1.18. The number of unbranched alkanes of at least 4 members (excludes halogenated alkanes) is 2. The third-order valence-corrected chi connectivity index (χ3v) is 9.83. The lowest BCUT2D eigenvalue weighted by atomic mass is 10.4. The fraction of sp³-hybridized carbons (Fsp3) is 0.667. The molecule has 0 aliphatic carbocycles. The number of hydrogen-bond donors (Lipinski definition) is 0. The van der Waals surface area contributed by atoms with Crippen molar-refractivity contribution in [3.05, 3.63) is 24.3 Å². The van der Waals surface area contributed by atoms with Crippen molar-refractivity contribution in [2.75, 3.05) is 36.5 Å². The SMILES string of the molecule is CCCCS(C)(C)c1ccc(S(C)(C)CCCC)cc1. The molecular weight excluding hydrogens is 280 g/mol. The summed E-state index contributed by atoms with van der Waals surface area (Å²) in [6.45, 7) is 4.58. The van der Waals surface area contributed by atoms with Gasteiger partial charge in [0.15, 0.2) is 0 Å². The van der Waals surface area contributed by atoms with Crippen molar-refractivity contribution in [2.45, 2.75) is 49.3 Å². The summed E-state index contributed by atoms with van der Waals surface area (Å²) in [6.07, 6.45) is 15.2. The second-order valence-electron chi connectivity index (χ2n) is 6.66. The van der Waals surface area contributed by atoms with Crippen LogP contribution in [0.4, 0.5) is 0 Å². The third-order valence-electron chi connectivity index (χ3n) is 4.12. The van der Waals surface area contributed by atoms with E-state index in [1.807, 2.05) is 0 Å². The lowest BCUT2D eigenvalue weighted by molar-refractivity contribution is 0.890. The van der Waals surface area contributed by atoms with Crippen LogP contribution < -0.4 is 0 Å². The van der Waals surface area contributed by atoms with E-state index < -0.39 is 20.1 Å². The molecule has 0 aliphatic heterocycles. The van der Waals surface area contributed by atoms with E-state index in [9.17, 15) is 0 Å². The van der Waals surface area contributed by atoms with Crippen LogP contribution in [-0.4, -0.2) is 36.5 Å². The van der Waals surface area contributed by atoms with Crippen molar-refractivity contribution in [2.24, 2.45) is 0 Å². The molecule has 0 fully saturated rings. The molecule has 0 saturated carbocycles. The number of hydrogen-bond acceptors (Lipinski definition) is 0. The molecule has 0 atom stereocenters. The average molecular weight is 315 g/mol. The Hall–Kier alpha value is -0.0800. The third kappa shape index (κ3) is 5.04. The van der Waals surface area contributed by atoms with Crippen molar-refractivity contribution in [3.63, 3.8) is 0 Å². The Bertz CT molecular complexity index is 351. The summed E-state index contributed by atoms with van der Waals surface area (Å²) < 4.78 is 0. The monoisotopic (exact) mass is 314 g/mol. The van der Waals surface area contributed by atoms with E-state index in [4.69, 9.17) is 0 Å². The molecule has 0 amide bonds. The second kappa shape index (κ2) is 7.79. The van der Waals surface area contributed by atoms with Crippen LogP contribution in [0.5, 0.6) is 0 Å². The van der Waals surface area contributed by atoms with Gasteiger partial charge in [0.25, 0.3) is 0 Å². The van der Waals surface area contributed by atoms with Gasteiger partial charge < -0.3 is 0 Å². The molecule has 0 bridgehead atoms. The highest BCUT2D eigenvalue weighted by Crippen LogP contribution is 2.53. The summed E-state index contributed by atoms with van der Waals surface area (Å²) in [5, 5.41) is 0. The predicted octanol–water partition coefficient (Wildman–Crippen LogP) is 6.13. The second-order valence-corrected chi connectivity index (χ2v) is 14.6. The number of rotatable bonds is 8. The molecule has 2 heteroatoms. The van der Waals surface area contributed by atoms with E-state index in [1.165, 1.54) is 37.2 Å². The summed E-state index contributed by atoms with van der Waals surface area (Å²) in [4.78, 5) is 3.17. The molecule has 118 valence electrons. The molecule has 1 aromatic carbocycles. The van der Waals surface area contributed by atoms with Crippen LogP contribution in [0.2, 0.25) is 0 Å². The van der Waals surface area contributed by atoms with Gasteiger partial charge in [0.1, 0.15) is 0 Å². The minimum absolute atomic E-state index is 0.592. The van der Waals surface area contributed by atoms with E-state index >= 15 is 0 Å². The van der Waals surface area contributed by atoms with E-state index in [1.54, 1.807) is 9.79 Å². The highest BCUT2D eigenvalue weighted by atomic mass is 32.3. The quantitative estimate of drug-likeness (QED) is 0.541. The van der Waals surface area contributed by atoms with Gasteiger partial charge in [0.2, 0.25) is 0 Å². The van der Waals surface area contributed by atoms with Gasteiger partial charge in [-0.3, -0.25) is 0 Å². The van der Waals surface area contributed by atoms with Gasteiger partial charge in [-0.2, -0.15) is 0 Å². The molecule has 0 N–H and O–H groups in total. The highest BCUT2D eigenvalue weighted by Gasteiger charge is 2.17. The maximum atomic E-state index is 2.47. The Kier molecular flexibility index (Phi) is 7.00. The van der Waals surface area contributed by atoms with Gasteiger partial charge >= 0.3 is 0 Å². The Balaban J connectivity index is 2.82. The normalized spacial score (nSPS) is 14.3. The van der Waals surface area contributed by atoms with E-state index in [0.29, 0.717) is 0 Å². The maximum absolute atomic E-state index is 2.47. The average Bonchev–Trinajstić information content (AvgIpc) is 2.43. The Morgan fingerprint density at radius 3 is 1.20 bits per heavy atom. The topological polar surface area (TPSA) is 0 Å². The van der Waals surface area contributed by atoms with E-state index in [-0.39, 0.29) is 0 Å². The van der Waals surface area contributed by atoms with Crippen LogP contribution in [0.3, 0.4) is 0 Å². The van der Waals surface area contributed by atoms with Crippen LogP contribution in [0, 0.1) is 0 Å². The molecular formula is C18H34S2. The van der Waals surface area contributed by atoms with Crippen LogP contribution in [-0.2, 0) is 0 Å². The molecule has 1 rings (SSSR count). The van der Waals surface area contributed by atoms with Crippen LogP contribution in [0.1, 0.15) is 39.5 Å². The Morgan fingerprint density at radius 2 is 0.950 bits per heavy atom. The maximum Gasteiger partial charge on any atom is -0.0103 e. The van der Waals surface area contributed by atoms with Crippen molar-refractivity contribution in [1.29, 1.82) is 0 Å². The van der Waals surface area contributed by atoms with Crippen molar-refractivity contribution < 1.29 is 0 Å². The Morgan fingerprint density at radius 1 is 0.650 bits per heavy atom. The highest BCUT2D eigenvalue weighted by molar-refractivity contribution is 8.33. The lowest BCUT2D eigenvalue weighted by Crippen LogP contribution is -2.04. The van der Waals surface area contributed by atoms with E-state index in [0.717, 1.165) is 0 Å². The van der Waals surface area contributed by atoms with Crippen LogP contribution in [0.25, 0.3) is 0 Å². The zero-order valence-electron chi connectivity index (χ0n) is 14.4. The van der Waals surface area contributed by atoms with Gasteiger partial charge in [-0.1, -0.05) is 26.7 Å². The lowest BCUT2D eigenvalue weighted by Gasteiger charge is -2.35. The predicted molar refractivity (Wildman–Crippen MR) is 101 cm³/mol. The molecule has 0 spiro atoms. The van der Waals surface area contributed by atoms with Crippen molar-refractivity contribution >= 4 is 20.1 Å². The molecule has 0 nitrogen and oxygen atoms in total. The smallest absolute Gasteiger partial charge is 0.0103 e. The fourth-order valence-electron chi connectivity index (χ4n) is 2.42. The van der Waals surface area contributed by atoms with Crippen molar-refractivity contribution in [1.82, 2.24) is 0 Å². The molecule has 20 heavy (non-hydrogen) atoms. The Labute approximate surface area is 130 Å². The molecule has 0 aromatic heterocycles. The minimum atomic E-state index is -0.592. The van der Waals surface area contributed by atoms with Gasteiger partial charge in [0, 0.05) is 0 Å². The fourth-order valence-corrected chi connectivity index (χ4v) is 6.66. The molecule has 0 aliphatic rings. The van der Waals surface area contributed by atoms with Gasteiger partial charge in [-0.15, -0.1) is 0 Å². The largest absolute Gasteiger partial charge is 0.220 e. The molecule has 0 unspecified atom stereocenters. The summed E-state index contributed by atoms with van der Waals surface area (Å²) in [5.41, 5.74) is 0. The summed E-state index contributed by atoms with van der Waals surface area (Å²) in [5.74, 6) is 2.74. The first-order valence-electron chi connectivity index (χ1n) is 7.85. The summed E-state index contributed by atoms with van der Waals surface area (Å²) >= 11 is 0. The van der Waals surface area contributed by atoms with Gasteiger partial charge in [-0.25, -0.2) is 20.1 Å². The number of benzene rings is 1. The zero-order valence-corrected chi connectivity index (χ0v) is 16.0. The first kappa shape index (κ1) is 18.0. The van der Waals surface area contributed by atoms with Crippen LogP contribution in [0.15, 0.2) is 34.1 Å².